The number of halogens is 3. The summed E-state index contributed by atoms with van der Waals surface area (Å²) in [5, 5.41) is 0.621. The van der Waals surface area contributed by atoms with Gasteiger partial charge in [0.05, 0.1) is 18.6 Å². The fourth-order valence-corrected chi connectivity index (χ4v) is 4.03. The van der Waals surface area contributed by atoms with Crippen LogP contribution in [0.4, 0.5) is 13.2 Å². The number of benzene rings is 2. The molecule has 1 fully saturated rings. The number of alkyl halides is 3. The van der Waals surface area contributed by atoms with E-state index in [0.29, 0.717) is 35.1 Å². The average molecular weight is 489 g/mol. The Kier molecular flexibility index (Phi) is 6.81. The van der Waals surface area contributed by atoms with Crippen LogP contribution in [0.2, 0.25) is 0 Å². The summed E-state index contributed by atoms with van der Waals surface area (Å²) in [6.45, 7) is 0.437. The minimum absolute atomic E-state index is 0.113. The fraction of sp³-hybridized carbons (Fsp3) is 0.320. The van der Waals surface area contributed by atoms with Crippen LogP contribution < -0.4 is 10.4 Å². The number of methoxy groups -OCH3 is 1. The van der Waals surface area contributed by atoms with Crippen molar-refractivity contribution in [1.29, 1.82) is 0 Å². The highest BCUT2D eigenvalue weighted by molar-refractivity contribution is 5.94. The van der Waals surface area contributed by atoms with Crippen LogP contribution in [0.15, 0.2) is 57.7 Å². The summed E-state index contributed by atoms with van der Waals surface area (Å²) in [6.07, 6.45) is -3.75. The van der Waals surface area contributed by atoms with Crippen LogP contribution in [0.5, 0.6) is 5.75 Å². The van der Waals surface area contributed by atoms with Gasteiger partial charge in [-0.05, 0) is 49.2 Å². The molecule has 0 N–H and O–H groups in total. The maximum Gasteiger partial charge on any atom is 0.416 e. The first-order valence-corrected chi connectivity index (χ1v) is 10.9. The summed E-state index contributed by atoms with van der Waals surface area (Å²) in [6, 6.07) is 10.3. The molecule has 1 aliphatic rings. The maximum absolute atomic E-state index is 12.7. The minimum atomic E-state index is -4.47. The number of amides is 1. The summed E-state index contributed by atoms with van der Waals surface area (Å²) in [5.74, 6) is -0.740. The zero-order valence-corrected chi connectivity index (χ0v) is 18.8. The van der Waals surface area contributed by atoms with Crippen LogP contribution in [0, 0.1) is 5.92 Å². The molecule has 0 unspecified atom stereocenters. The summed E-state index contributed by atoms with van der Waals surface area (Å²) in [4.78, 5) is 38.7. The Morgan fingerprint density at radius 3 is 2.37 bits per heavy atom. The third kappa shape index (κ3) is 5.47. The van der Waals surface area contributed by atoms with Crippen molar-refractivity contribution in [2.24, 2.45) is 5.92 Å². The summed E-state index contributed by atoms with van der Waals surface area (Å²) >= 11 is 0. The van der Waals surface area contributed by atoms with Crippen molar-refractivity contribution < 1.29 is 36.7 Å². The highest BCUT2D eigenvalue weighted by Crippen LogP contribution is 2.30. The third-order valence-corrected chi connectivity index (χ3v) is 5.98. The van der Waals surface area contributed by atoms with Crippen LogP contribution in [0.3, 0.4) is 0 Å². The van der Waals surface area contributed by atoms with Gasteiger partial charge in [-0.1, -0.05) is 0 Å². The van der Waals surface area contributed by atoms with E-state index in [1.165, 1.54) is 18.1 Å². The average Bonchev–Trinajstić information content (AvgIpc) is 2.85. The van der Waals surface area contributed by atoms with Crippen molar-refractivity contribution in [2.75, 3.05) is 20.2 Å². The second kappa shape index (κ2) is 9.81. The first-order chi connectivity index (χ1) is 16.7. The van der Waals surface area contributed by atoms with Crippen molar-refractivity contribution in [3.05, 3.63) is 75.6 Å². The number of rotatable bonds is 5. The summed E-state index contributed by atoms with van der Waals surface area (Å²) in [5.41, 5.74) is -0.420. The van der Waals surface area contributed by atoms with Gasteiger partial charge < -0.3 is 18.8 Å². The molecule has 1 aromatic heterocycles. The molecule has 0 atom stereocenters. The molecule has 4 rings (SSSR count). The lowest BCUT2D eigenvalue weighted by molar-refractivity contribution is -0.151. The Balaban J connectivity index is 1.34. The van der Waals surface area contributed by atoms with E-state index in [2.05, 4.69) is 0 Å². The van der Waals surface area contributed by atoms with E-state index in [0.717, 1.165) is 24.3 Å². The van der Waals surface area contributed by atoms with E-state index in [1.807, 2.05) is 0 Å². The van der Waals surface area contributed by atoms with Gasteiger partial charge in [-0.2, -0.15) is 13.2 Å². The molecule has 10 heteroatoms. The number of esters is 1. The van der Waals surface area contributed by atoms with Crippen LogP contribution in [0.25, 0.3) is 11.0 Å². The maximum atomic E-state index is 12.7. The van der Waals surface area contributed by atoms with E-state index in [1.54, 1.807) is 18.2 Å². The molecule has 0 saturated carbocycles. The number of fused-ring (bicyclic) bond motifs is 1. The molecule has 2 aromatic carbocycles. The van der Waals surface area contributed by atoms with Gasteiger partial charge in [-0.25, -0.2) is 4.79 Å². The molecular weight excluding hydrogens is 467 g/mol. The standard InChI is InChI=1S/C25H22F3NO6/c1-33-19-6-7-20-17(12-22(30)35-21(20)13-19)14-34-24(32)16-8-10-29(11-9-16)23(31)15-2-4-18(5-3-15)25(26,27)28/h2-7,12-13,16H,8-11,14H2,1H3. The second-order valence-electron chi connectivity index (χ2n) is 8.20. The lowest BCUT2D eigenvalue weighted by Crippen LogP contribution is -2.40. The number of nitrogens with zero attached hydrogens (tertiary/aromatic N) is 1. The predicted molar refractivity (Wildman–Crippen MR) is 119 cm³/mol. The van der Waals surface area contributed by atoms with Crippen LogP contribution in [-0.2, 0) is 22.3 Å². The van der Waals surface area contributed by atoms with E-state index >= 15 is 0 Å². The Morgan fingerprint density at radius 1 is 1.06 bits per heavy atom. The normalized spacial score (nSPS) is 14.7. The molecule has 7 nitrogen and oxygen atoms in total. The van der Waals surface area contributed by atoms with Gasteiger partial charge in [0.25, 0.3) is 5.91 Å². The quantitative estimate of drug-likeness (QED) is 0.390. The Morgan fingerprint density at radius 2 is 1.74 bits per heavy atom. The number of piperidine rings is 1. The van der Waals surface area contributed by atoms with Gasteiger partial charge in [0, 0.05) is 41.7 Å². The molecule has 1 aliphatic heterocycles. The molecule has 3 aromatic rings. The second-order valence-corrected chi connectivity index (χ2v) is 8.20. The van der Waals surface area contributed by atoms with E-state index < -0.39 is 29.3 Å². The molecule has 1 saturated heterocycles. The topological polar surface area (TPSA) is 86.0 Å². The molecule has 0 aliphatic carbocycles. The largest absolute Gasteiger partial charge is 0.497 e. The third-order valence-electron chi connectivity index (χ3n) is 5.98. The Bertz CT molecular complexity index is 1290. The molecule has 184 valence electrons. The van der Waals surface area contributed by atoms with Crippen LogP contribution >= 0.6 is 0 Å². The van der Waals surface area contributed by atoms with Crippen molar-refractivity contribution in [1.82, 2.24) is 4.90 Å². The molecule has 35 heavy (non-hydrogen) atoms. The van der Waals surface area contributed by atoms with Crippen molar-refractivity contribution in [2.45, 2.75) is 25.6 Å². The van der Waals surface area contributed by atoms with E-state index in [-0.39, 0.29) is 31.2 Å². The highest BCUT2D eigenvalue weighted by atomic mass is 19.4. The van der Waals surface area contributed by atoms with Crippen LogP contribution in [-0.4, -0.2) is 37.0 Å². The smallest absolute Gasteiger partial charge is 0.416 e. The molecule has 0 radical (unpaired) electrons. The molecular formula is C25H22F3NO6. The lowest BCUT2D eigenvalue weighted by atomic mass is 9.96. The van der Waals surface area contributed by atoms with Crippen molar-refractivity contribution in [3.63, 3.8) is 0 Å². The van der Waals surface area contributed by atoms with Gasteiger partial charge in [0.15, 0.2) is 0 Å². The number of hydrogen-bond donors (Lipinski definition) is 0. The van der Waals surface area contributed by atoms with E-state index in [9.17, 15) is 27.6 Å². The number of likely N-dealkylation sites (tertiary alicyclic amines) is 1. The first kappa shape index (κ1) is 24.3. The number of carbonyl (C=O) groups is 2. The summed E-state index contributed by atoms with van der Waals surface area (Å²) < 4.78 is 54.0. The highest BCUT2D eigenvalue weighted by Gasteiger charge is 2.32. The predicted octanol–water partition coefficient (Wildman–Crippen LogP) is 4.42. The van der Waals surface area contributed by atoms with Crippen LogP contribution in [0.1, 0.15) is 34.3 Å². The Hall–Kier alpha value is -3.82. The SMILES string of the molecule is COc1ccc2c(COC(=O)C3CCN(C(=O)c4ccc(C(F)(F)F)cc4)CC3)cc(=O)oc2c1. The van der Waals surface area contributed by atoms with Gasteiger partial charge in [-0.15, -0.1) is 0 Å². The minimum Gasteiger partial charge on any atom is -0.497 e. The zero-order valence-electron chi connectivity index (χ0n) is 18.8. The van der Waals surface area contributed by atoms with Gasteiger partial charge in [0.2, 0.25) is 0 Å². The first-order valence-electron chi connectivity index (χ1n) is 10.9. The number of carbonyl (C=O) groups excluding carboxylic acids is 2. The number of hydrogen-bond acceptors (Lipinski definition) is 6. The molecule has 1 amide bonds. The van der Waals surface area contributed by atoms with Gasteiger partial charge >= 0.3 is 17.8 Å². The molecule has 0 bridgehead atoms. The fourth-order valence-electron chi connectivity index (χ4n) is 4.03. The molecule has 2 heterocycles. The Labute approximate surface area is 198 Å². The zero-order chi connectivity index (χ0) is 25.2. The summed E-state index contributed by atoms with van der Waals surface area (Å²) in [7, 11) is 1.49. The van der Waals surface area contributed by atoms with Crippen molar-refractivity contribution >= 4 is 22.8 Å². The van der Waals surface area contributed by atoms with Gasteiger partial charge in [-0.3, -0.25) is 9.59 Å². The van der Waals surface area contributed by atoms with Crippen molar-refractivity contribution in [3.8, 4) is 5.75 Å². The molecule has 0 spiro atoms. The number of ether oxygens (including phenoxy) is 2. The lowest BCUT2D eigenvalue weighted by Gasteiger charge is -2.31. The van der Waals surface area contributed by atoms with Gasteiger partial charge in [0.1, 0.15) is 17.9 Å². The van der Waals surface area contributed by atoms with E-state index in [4.69, 9.17) is 13.9 Å². The monoisotopic (exact) mass is 489 g/mol.